The van der Waals surface area contributed by atoms with Crippen LogP contribution in [-0.4, -0.2) is 96.7 Å². The standard InChI is InChI=1S/C28H40N2O4.C20H32N2O4.C7H7ClO2S.CH4/c1-21-14-16-23(17-15-21)19-30(34-24-12-8-9-13-24)20-26(31)25(18-22-10-6-5-7-11-22)29-27(32)33-28(2,3)4;1-20(2,3)25-19(24)22-17(13-15-9-5-4-6-10-15)18(23)14-21-26-16-11-7-8-12-16;1-6-2-4-7(5-3-6)11(8,9)10;/h5-7,10-11,14-17,24-26,31H,8-9,12-13,18-20H2,1-4H3,(H,29,32);4-6,9-10,16-18,21,23H,7-8,11-14H2,1-3H3,(H,22,24);2-5H,1H3;1H4. The minimum absolute atomic E-state index is 0. The van der Waals surface area contributed by atoms with E-state index in [0.717, 1.165) is 47.9 Å². The van der Waals surface area contributed by atoms with Crippen molar-refractivity contribution in [1.29, 1.82) is 0 Å². The number of aliphatic hydroxyl groups is 2. The zero-order chi connectivity index (χ0) is 52.0. The van der Waals surface area contributed by atoms with Crippen molar-refractivity contribution in [2.24, 2.45) is 0 Å². The molecular weight excluding hydrogens is 956 g/mol. The van der Waals surface area contributed by atoms with E-state index in [9.17, 15) is 28.2 Å². The predicted molar refractivity (Wildman–Crippen MR) is 286 cm³/mol. The van der Waals surface area contributed by atoms with Gasteiger partial charge in [-0.2, -0.15) is 10.5 Å². The van der Waals surface area contributed by atoms with Gasteiger partial charge in [0.2, 0.25) is 0 Å². The number of nitrogens with zero attached hydrogens (tertiary/aromatic N) is 1. The molecule has 72 heavy (non-hydrogen) atoms. The summed E-state index contributed by atoms with van der Waals surface area (Å²) in [5, 5.41) is 29.4. The summed E-state index contributed by atoms with van der Waals surface area (Å²) in [6.07, 6.45) is 7.54. The van der Waals surface area contributed by atoms with Crippen LogP contribution in [0.15, 0.2) is 114 Å². The van der Waals surface area contributed by atoms with Crippen LogP contribution in [0, 0.1) is 13.8 Å². The lowest BCUT2D eigenvalue weighted by Gasteiger charge is -2.32. The number of carbonyl (C=O) groups excluding carboxylic acids is 2. The third kappa shape index (κ3) is 25.4. The number of halogens is 1. The number of alkyl carbamates (subject to hydrolysis) is 2. The summed E-state index contributed by atoms with van der Waals surface area (Å²) in [7, 11) is 1.54. The van der Waals surface area contributed by atoms with Crippen LogP contribution >= 0.6 is 10.7 Å². The maximum absolute atomic E-state index is 12.6. The smallest absolute Gasteiger partial charge is 0.407 e. The Morgan fingerprint density at radius 3 is 1.49 bits per heavy atom. The van der Waals surface area contributed by atoms with E-state index in [1.165, 1.54) is 43.4 Å². The average molecular weight is 1040 g/mol. The molecule has 0 spiro atoms. The summed E-state index contributed by atoms with van der Waals surface area (Å²) >= 11 is 0. The molecule has 0 aliphatic heterocycles. The number of benzene rings is 4. The highest BCUT2D eigenvalue weighted by Gasteiger charge is 2.30. The van der Waals surface area contributed by atoms with Crippen LogP contribution in [0.4, 0.5) is 9.59 Å². The summed E-state index contributed by atoms with van der Waals surface area (Å²) in [6, 6.07) is 33.3. The molecule has 0 saturated heterocycles. The normalized spacial score (nSPS) is 15.9. The van der Waals surface area contributed by atoms with Crippen LogP contribution in [0.3, 0.4) is 0 Å². The maximum Gasteiger partial charge on any atom is 0.407 e. The van der Waals surface area contributed by atoms with Crippen molar-refractivity contribution >= 4 is 31.9 Å². The highest BCUT2D eigenvalue weighted by molar-refractivity contribution is 8.13. The monoisotopic (exact) mass is 1040 g/mol. The Morgan fingerprint density at radius 2 is 1.06 bits per heavy atom. The number of nitrogens with one attached hydrogen (secondary N) is 3. The van der Waals surface area contributed by atoms with Gasteiger partial charge in [0.15, 0.2) is 0 Å². The number of hydrogen-bond acceptors (Lipinski definition) is 12. The van der Waals surface area contributed by atoms with E-state index in [4.69, 9.17) is 29.8 Å². The minimum Gasteiger partial charge on any atom is -0.444 e. The van der Waals surface area contributed by atoms with E-state index in [1.54, 1.807) is 12.1 Å². The first kappa shape index (κ1) is 61.7. The number of hydroxylamine groups is 3. The molecule has 2 saturated carbocycles. The lowest BCUT2D eigenvalue weighted by molar-refractivity contribution is -0.214. The van der Waals surface area contributed by atoms with E-state index in [-0.39, 0.29) is 37.6 Å². The van der Waals surface area contributed by atoms with Gasteiger partial charge in [-0.15, -0.1) is 0 Å². The van der Waals surface area contributed by atoms with Crippen LogP contribution in [0.2, 0.25) is 0 Å². The highest BCUT2D eigenvalue weighted by atomic mass is 35.7. The van der Waals surface area contributed by atoms with Gasteiger partial charge >= 0.3 is 12.2 Å². The molecule has 14 nitrogen and oxygen atoms in total. The summed E-state index contributed by atoms with van der Waals surface area (Å²) in [4.78, 5) is 36.8. The van der Waals surface area contributed by atoms with Crippen LogP contribution in [-0.2, 0) is 47.6 Å². The largest absolute Gasteiger partial charge is 0.444 e. The van der Waals surface area contributed by atoms with Crippen LogP contribution < -0.4 is 16.1 Å². The number of hydrogen-bond donors (Lipinski definition) is 5. The zero-order valence-corrected chi connectivity index (χ0v) is 44.5. The zero-order valence-electron chi connectivity index (χ0n) is 42.9. The first-order valence-corrected chi connectivity index (χ1v) is 27.1. The van der Waals surface area contributed by atoms with Crippen molar-refractivity contribution in [1.82, 2.24) is 21.2 Å². The molecule has 4 unspecified atom stereocenters. The third-order valence-electron chi connectivity index (χ3n) is 11.5. The van der Waals surface area contributed by atoms with Crippen molar-refractivity contribution in [2.75, 3.05) is 13.1 Å². The minimum atomic E-state index is -3.55. The number of ether oxygens (including phenoxy) is 2. The van der Waals surface area contributed by atoms with Crippen molar-refractivity contribution in [2.45, 2.75) is 186 Å². The quantitative estimate of drug-likeness (QED) is 0.0443. The molecule has 4 aromatic carbocycles. The van der Waals surface area contributed by atoms with Crippen molar-refractivity contribution < 1.29 is 47.4 Å². The Hall–Kier alpha value is -4.58. The summed E-state index contributed by atoms with van der Waals surface area (Å²) in [6.45, 7) is 15.9. The molecule has 400 valence electrons. The molecule has 4 atom stereocenters. The molecule has 0 aromatic heterocycles. The molecular formula is C56H83ClN4O10S. The summed E-state index contributed by atoms with van der Waals surface area (Å²) < 4.78 is 32.2. The van der Waals surface area contributed by atoms with Gasteiger partial charge in [0, 0.05) is 23.8 Å². The maximum atomic E-state index is 12.6. The molecule has 2 aliphatic rings. The fourth-order valence-electron chi connectivity index (χ4n) is 7.90. The highest BCUT2D eigenvalue weighted by Crippen LogP contribution is 2.24. The number of amides is 2. The van der Waals surface area contributed by atoms with Gasteiger partial charge < -0.3 is 30.3 Å². The molecule has 0 heterocycles. The fourth-order valence-corrected chi connectivity index (χ4v) is 8.67. The molecule has 16 heteroatoms. The predicted octanol–water partition coefficient (Wildman–Crippen LogP) is 10.7. The molecule has 2 fully saturated rings. The lowest BCUT2D eigenvalue weighted by Crippen LogP contribution is -2.50. The first-order chi connectivity index (χ1) is 33.5. The number of aryl methyl sites for hydroxylation is 2. The van der Waals surface area contributed by atoms with Crippen molar-refractivity contribution in [3.8, 4) is 0 Å². The number of rotatable bonds is 19. The van der Waals surface area contributed by atoms with Gasteiger partial charge in [-0.3, -0.25) is 9.68 Å². The Labute approximate surface area is 434 Å². The Balaban J connectivity index is 0.000000317. The Morgan fingerprint density at radius 1 is 0.639 bits per heavy atom. The van der Waals surface area contributed by atoms with Gasteiger partial charge in [-0.05, 0) is 123 Å². The van der Waals surface area contributed by atoms with E-state index >= 15 is 0 Å². The Kier molecular flexibility index (Phi) is 26.2. The lowest BCUT2D eigenvalue weighted by atomic mass is 10.0. The second-order valence-corrected chi connectivity index (χ2v) is 23.0. The number of aliphatic hydroxyl groups excluding tert-OH is 2. The molecule has 4 aromatic rings. The molecule has 2 amide bonds. The molecule has 5 N–H and O–H groups in total. The van der Waals surface area contributed by atoms with Crippen molar-refractivity contribution in [3.05, 3.63) is 137 Å². The van der Waals surface area contributed by atoms with E-state index in [1.807, 2.05) is 114 Å². The molecule has 0 radical (unpaired) electrons. The average Bonchev–Trinajstić information content (AvgIpc) is 4.02. The van der Waals surface area contributed by atoms with Crippen LogP contribution in [0.25, 0.3) is 0 Å². The second-order valence-electron chi connectivity index (χ2n) is 20.5. The summed E-state index contributed by atoms with van der Waals surface area (Å²) in [5.41, 5.74) is 7.07. The van der Waals surface area contributed by atoms with E-state index in [2.05, 4.69) is 47.3 Å². The van der Waals surface area contributed by atoms with E-state index in [0.29, 0.717) is 19.4 Å². The fraction of sp³-hybridized carbons (Fsp3) is 0.536. The van der Waals surface area contributed by atoms with Gasteiger partial charge in [-0.1, -0.05) is 141 Å². The van der Waals surface area contributed by atoms with Gasteiger partial charge in [0.05, 0.1) is 47.9 Å². The molecule has 6 rings (SSSR count). The molecule has 2 aliphatic carbocycles. The second kappa shape index (κ2) is 30.6. The van der Waals surface area contributed by atoms with Crippen molar-refractivity contribution in [3.63, 3.8) is 0 Å². The van der Waals surface area contributed by atoms with Gasteiger partial charge in [-0.25, -0.2) is 18.0 Å². The van der Waals surface area contributed by atoms with Crippen LogP contribution in [0.5, 0.6) is 0 Å². The van der Waals surface area contributed by atoms with Gasteiger partial charge in [0.25, 0.3) is 9.05 Å². The Bertz CT molecular complexity index is 2250. The van der Waals surface area contributed by atoms with E-state index < -0.39 is 56.7 Å². The van der Waals surface area contributed by atoms with Gasteiger partial charge in [0.1, 0.15) is 11.2 Å². The first-order valence-electron chi connectivity index (χ1n) is 24.8. The third-order valence-corrected chi connectivity index (χ3v) is 12.9. The summed E-state index contributed by atoms with van der Waals surface area (Å²) in [5.74, 6) is 0. The topological polar surface area (TPSA) is 185 Å². The SMILES string of the molecule is C.CC(C)(C)OC(=O)NC(Cc1ccccc1)C(O)CNOC1CCCC1.Cc1ccc(CN(CC(O)C(Cc2ccccc2)NC(=O)OC(C)(C)C)OC2CCCC2)cc1.Cc1ccc(S(=O)(=O)Cl)cc1. The van der Waals surface area contributed by atoms with Crippen LogP contribution in [0.1, 0.15) is 128 Å². The molecule has 0 bridgehead atoms. The number of carbonyl (C=O) groups is 2.